The molecule has 4 rings (SSSR count). The Hall–Kier alpha value is -2.67. The second kappa shape index (κ2) is 12.9. The van der Waals surface area contributed by atoms with Crippen LogP contribution in [0.25, 0.3) is 11.0 Å². The van der Waals surface area contributed by atoms with Crippen molar-refractivity contribution >= 4 is 54.8 Å². The third-order valence-corrected chi connectivity index (χ3v) is 9.23. The average Bonchev–Trinajstić information content (AvgIpc) is 3.31. The Morgan fingerprint density at radius 2 is 2.02 bits per heavy atom. The number of hydrogen-bond donors (Lipinski definition) is 1. The number of aryl methyl sites for hydroxylation is 2. The van der Waals surface area contributed by atoms with Crippen LogP contribution in [0.15, 0.2) is 36.3 Å². The summed E-state index contributed by atoms with van der Waals surface area (Å²) < 4.78 is 37.9. The number of benzene rings is 2. The number of aromatic nitrogens is 3. The van der Waals surface area contributed by atoms with Crippen LogP contribution in [-0.4, -0.2) is 57.3 Å². The maximum absolute atomic E-state index is 12.8. The van der Waals surface area contributed by atoms with Gasteiger partial charge in [0, 0.05) is 42.0 Å². The molecule has 216 valence electrons. The fourth-order valence-corrected chi connectivity index (χ4v) is 6.39. The Bertz CT molecular complexity index is 1540. The van der Waals surface area contributed by atoms with E-state index in [4.69, 9.17) is 16.3 Å². The molecule has 1 unspecified atom stereocenters. The number of nitrogens with zero attached hydrogens (tertiary/aromatic N) is 4. The molecule has 40 heavy (non-hydrogen) atoms. The molecule has 1 aromatic heterocycles. The highest BCUT2D eigenvalue weighted by atomic mass is 79.9. The van der Waals surface area contributed by atoms with Crippen molar-refractivity contribution in [2.75, 3.05) is 18.5 Å². The molecule has 0 bridgehead atoms. The smallest absolute Gasteiger partial charge is 0.388 e. The van der Waals surface area contributed by atoms with E-state index in [1.165, 1.54) is 6.08 Å². The molecular formula is C27H32BrClN4O6S. The fraction of sp³-hybridized carbons (Fsp3) is 0.444. The van der Waals surface area contributed by atoms with E-state index in [2.05, 4.69) is 30.4 Å². The summed E-state index contributed by atoms with van der Waals surface area (Å²) in [5, 5.41) is 19.7. The molecule has 2 aromatic carbocycles. The van der Waals surface area contributed by atoms with Crippen molar-refractivity contribution in [2.45, 2.75) is 59.0 Å². The number of carbonyl (C=O) groups is 1. The lowest BCUT2D eigenvalue weighted by molar-refractivity contribution is -0.143. The van der Waals surface area contributed by atoms with Crippen molar-refractivity contribution in [2.24, 2.45) is 0 Å². The van der Waals surface area contributed by atoms with Gasteiger partial charge in [-0.05, 0) is 73.6 Å². The normalized spacial score (nSPS) is 16.0. The summed E-state index contributed by atoms with van der Waals surface area (Å²) in [6, 6.07) is 7.62. The minimum Gasteiger partial charge on any atom is -0.480 e. The second-order valence-electron chi connectivity index (χ2n) is 9.58. The van der Waals surface area contributed by atoms with E-state index in [0.717, 1.165) is 56.7 Å². The number of fused-ring (bicyclic) bond motifs is 1. The lowest BCUT2D eigenvalue weighted by Gasteiger charge is -2.26. The monoisotopic (exact) mass is 654 g/mol. The number of alkyl halides is 1. The Labute approximate surface area is 247 Å². The highest BCUT2D eigenvalue weighted by Crippen LogP contribution is 2.37. The van der Waals surface area contributed by atoms with Crippen LogP contribution in [0.4, 0.5) is 0 Å². The Balaban J connectivity index is 1.76. The molecule has 10 nitrogen and oxygen atoms in total. The van der Waals surface area contributed by atoms with Crippen molar-refractivity contribution in [3.05, 3.63) is 69.1 Å². The Kier molecular flexibility index (Phi) is 9.76. The van der Waals surface area contributed by atoms with Gasteiger partial charge in [-0.2, -0.15) is 12.7 Å². The molecule has 1 N–H and O–H groups in total. The van der Waals surface area contributed by atoms with Gasteiger partial charge in [0.1, 0.15) is 5.52 Å². The van der Waals surface area contributed by atoms with Crippen molar-refractivity contribution in [3.8, 4) is 0 Å². The van der Waals surface area contributed by atoms with Crippen LogP contribution in [0.2, 0.25) is 5.02 Å². The average molecular weight is 656 g/mol. The zero-order valence-electron chi connectivity index (χ0n) is 22.6. The first-order valence-electron chi connectivity index (χ1n) is 13.0. The van der Waals surface area contributed by atoms with E-state index in [9.17, 15) is 18.3 Å². The van der Waals surface area contributed by atoms with E-state index in [0.29, 0.717) is 16.1 Å². The third kappa shape index (κ3) is 6.62. The molecule has 2 heterocycles. The summed E-state index contributed by atoms with van der Waals surface area (Å²) in [4.78, 5) is 12.8. The second-order valence-corrected chi connectivity index (χ2v) is 12.3. The Morgan fingerprint density at radius 3 is 2.73 bits per heavy atom. The molecule has 0 fully saturated rings. The van der Waals surface area contributed by atoms with Gasteiger partial charge < -0.3 is 14.0 Å². The lowest BCUT2D eigenvalue weighted by Crippen LogP contribution is -2.35. The standard InChI is InChI=1S/C27H32BrClN4O6S/c1-4-38-26(35)15-22(21-7-8-24-27(18(21)3)30-31-33(24)11-6-5-10-28)19-13-20(17(2)23(29)14-19)16-32-12-9-25(34)39-40(32,36)37/h7-9,13-14,22,34H,4-6,10-12,15-16H2,1-3H3. The number of halogens is 2. The molecule has 0 radical (unpaired) electrons. The molecular weight excluding hydrogens is 624 g/mol. The number of esters is 1. The first-order valence-corrected chi connectivity index (χ1v) is 15.8. The summed E-state index contributed by atoms with van der Waals surface area (Å²) in [5.74, 6) is -1.45. The number of unbranched alkanes of at least 4 members (excludes halogenated alkanes) is 1. The zero-order valence-corrected chi connectivity index (χ0v) is 25.7. The van der Waals surface area contributed by atoms with E-state index in [1.807, 2.05) is 29.8 Å². The van der Waals surface area contributed by atoms with Gasteiger partial charge in [-0.1, -0.05) is 44.9 Å². The molecule has 0 spiro atoms. The zero-order chi connectivity index (χ0) is 29.0. The molecule has 13 heteroatoms. The molecule has 3 aromatic rings. The van der Waals surface area contributed by atoms with Crippen LogP contribution in [0.5, 0.6) is 0 Å². The van der Waals surface area contributed by atoms with E-state index in [1.54, 1.807) is 19.9 Å². The van der Waals surface area contributed by atoms with Crippen molar-refractivity contribution in [3.63, 3.8) is 0 Å². The summed E-state index contributed by atoms with van der Waals surface area (Å²) >= 11 is 10.1. The number of ether oxygens (including phenoxy) is 1. The van der Waals surface area contributed by atoms with Crippen molar-refractivity contribution < 1.29 is 27.2 Å². The minimum absolute atomic E-state index is 0.0294. The lowest BCUT2D eigenvalue weighted by atomic mass is 9.84. The van der Waals surface area contributed by atoms with Crippen LogP contribution in [0.1, 0.15) is 59.9 Å². The van der Waals surface area contributed by atoms with E-state index >= 15 is 0 Å². The molecule has 0 saturated heterocycles. The maximum atomic E-state index is 12.8. The van der Waals surface area contributed by atoms with Gasteiger partial charge in [0.05, 0.1) is 18.5 Å². The first-order chi connectivity index (χ1) is 19.1. The molecule has 0 saturated carbocycles. The van der Waals surface area contributed by atoms with E-state index < -0.39 is 22.2 Å². The van der Waals surface area contributed by atoms with Crippen LogP contribution in [-0.2, 0) is 37.1 Å². The molecule has 1 aliphatic rings. The van der Waals surface area contributed by atoms with Gasteiger partial charge in [-0.15, -0.1) is 5.10 Å². The summed E-state index contributed by atoms with van der Waals surface area (Å²) in [6.45, 7) is 6.44. The minimum atomic E-state index is -4.17. The molecule has 1 aliphatic heterocycles. The first kappa shape index (κ1) is 30.3. The van der Waals surface area contributed by atoms with Crippen LogP contribution in [0, 0.1) is 13.8 Å². The SMILES string of the molecule is CCOC(=O)CC(c1cc(Cl)c(C)c(CN2CC=C(O)OS2(=O)=O)c1)c1ccc2c(nnn2CCCCBr)c1C. The summed E-state index contributed by atoms with van der Waals surface area (Å²) in [6.07, 6.45) is 3.32. The molecule has 1 atom stereocenters. The van der Waals surface area contributed by atoms with Gasteiger partial charge in [-0.3, -0.25) is 4.79 Å². The summed E-state index contributed by atoms with van der Waals surface area (Å²) in [5.41, 5.74) is 5.53. The number of aliphatic hydroxyl groups excluding tert-OH is 1. The molecule has 0 amide bonds. The quantitative estimate of drug-likeness (QED) is 0.165. The third-order valence-electron chi connectivity index (χ3n) is 6.99. The summed E-state index contributed by atoms with van der Waals surface area (Å²) in [7, 11) is -4.17. The van der Waals surface area contributed by atoms with Gasteiger partial charge in [0.15, 0.2) is 0 Å². The largest absolute Gasteiger partial charge is 0.480 e. The topological polar surface area (TPSA) is 124 Å². The highest BCUT2D eigenvalue weighted by molar-refractivity contribution is 9.09. The molecule has 0 aliphatic carbocycles. The number of carbonyl (C=O) groups excluding carboxylic acids is 1. The van der Waals surface area contributed by atoms with Gasteiger partial charge in [0.25, 0.3) is 5.95 Å². The van der Waals surface area contributed by atoms with Gasteiger partial charge in [0.2, 0.25) is 0 Å². The predicted octanol–water partition coefficient (Wildman–Crippen LogP) is 5.44. The van der Waals surface area contributed by atoms with Crippen molar-refractivity contribution in [1.29, 1.82) is 0 Å². The van der Waals surface area contributed by atoms with Gasteiger partial charge in [-0.25, -0.2) is 4.68 Å². The fourth-order valence-electron chi connectivity index (χ4n) is 4.80. The number of rotatable bonds is 11. The van der Waals surface area contributed by atoms with Crippen LogP contribution >= 0.6 is 27.5 Å². The number of hydrogen-bond acceptors (Lipinski definition) is 8. The van der Waals surface area contributed by atoms with E-state index in [-0.39, 0.29) is 32.1 Å². The highest BCUT2D eigenvalue weighted by Gasteiger charge is 2.30. The Morgan fingerprint density at radius 1 is 1.25 bits per heavy atom. The maximum Gasteiger partial charge on any atom is 0.388 e. The predicted molar refractivity (Wildman–Crippen MR) is 156 cm³/mol. The number of aliphatic hydroxyl groups is 1. The van der Waals surface area contributed by atoms with Crippen molar-refractivity contribution in [1.82, 2.24) is 19.3 Å². The van der Waals surface area contributed by atoms with Crippen LogP contribution in [0.3, 0.4) is 0 Å². The van der Waals surface area contributed by atoms with Gasteiger partial charge >= 0.3 is 16.3 Å². The van der Waals surface area contributed by atoms with Crippen LogP contribution < -0.4 is 0 Å².